The van der Waals surface area contributed by atoms with Gasteiger partial charge in [0.05, 0.1) is 5.69 Å². The van der Waals surface area contributed by atoms with E-state index in [1.165, 1.54) is 19.1 Å². The summed E-state index contributed by atoms with van der Waals surface area (Å²) in [6.07, 6.45) is 2.86. The maximum absolute atomic E-state index is 12.8. The van der Waals surface area contributed by atoms with Crippen LogP contribution in [0.3, 0.4) is 0 Å². The van der Waals surface area contributed by atoms with Crippen LogP contribution in [0.2, 0.25) is 0 Å². The Morgan fingerprint density at radius 1 is 1.27 bits per heavy atom. The van der Waals surface area contributed by atoms with Crippen LogP contribution in [0.4, 0.5) is 12.9 Å². The van der Waals surface area contributed by atoms with Crippen LogP contribution in [0.1, 0.15) is 37.6 Å². The Hall–Kier alpha value is -1.92. The molecule has 1 atom stereocenters. The molecule has 1 aromatic carbocycles. The highest BCUT2D eigenvalue weighted by Gasteiger charge is 2.27. The summed E-state index contributed by atoms with van der Waals surface area (Å²) in [7, 11) is 0. The summed E-state index contributed by atoms with van der Waals surface area (Å²) in [5.74, 6) is 0.416. The topological polar surface area (TPSA) is 27.1 Å². The number of benzene rings is 1. The monoisotopic (exact) mass is 311 g/mol. The molecule has 1 aromatic heterocycles. The molecule has 1 heterocycles. The second-order valence-corrected chi connectivity index (χ2v) is 5.43. The Kier molecular flexibility index (Phi) is 4.83. The zero-order chi connectivity index (χ0) is 16.3. The van der Waals surface area contributed by atoms with Crippen molar-refractivity contribution in [2.45, 2.75) is 39.8 Å². The molecule has 0 N–H and O–H groups in total. The molecule has 0 radical (unpaired) electrons. The van der Waals surface area contributed by atoms with E-state index >= 15 is 0 Å². The van der Waals surface area contributed by atoms with E-state index in [4.69, 9.17) is 4.74 Å². The summed E-state index contributed by atoms with van der Waals surface area (Å²) < 4.78 is 45.6. The molecule has 1 unspecified atom stereocenters. The van der Waals surface area contributed by atoms with Gasteiger partial charge in [-0.05, 0) is 38.5 Å². The van der Waals surface area contributed by atoms with Gasteiger partial charge < -0.3 is 17.7 Å². The van der Waals surface area contributed by atoms with Crippen molar-refractivity contribution in [3.63, 3.8) is 0 Å². The second kappa shape index (κ2) is 6.46. The van der Waals surface area contributed by atoms with Crippen molar-refractivity contribution in [3.8, 4) is 5.75 Å². The number of nitrogens with zero attached hydrogens (tertiary/aromatic N) is 2. The molecular formula is C15H19BF3N2O-. The van der Waals surface area contributed by atoms with E-state index in [9.17, 15) is 12.9 Å². The summed E-state index contributed by atoms with van der Waals surface area (Å²) in [6.45, 7) is 0.839. The third-order valence-corrected chi connectivity index (χ3v) is 3.69. The Bertz CT molecular complexity index is 640. The number of aromatic nitrogens is 2. The van der Waals surface area contributed by atoms with Crippen molar-refractivity contribution in [2.24, 2.45) is 0 Å². The SMILES string of the molecule is CCC(C)n1ccc(COc2ccc([B-](F)(F)F)c(C)c2)n1. The van der Waals surface area contributed by atoms with Crippen LogP contribution >= 0.6 is 0 Å². The molecule has 0 spiro atoms. The molecule has 3 nitrogen and oxygen atoms in total. The molecule has 22 heavy (non-hydrogen) atoms. The number of ether oxygens (including phenoxy) is 1. The number of hydrogen-bond donors (Lipinski definition) is 0. The predicted molar refractivity (Wildman–Crippen MR) is 81.5 cm³/mol. The molecule has 0 saturated heterocycles. The first-order valence-electron chi connectivity index (χ1n) is 7.28. The van der Waals surface area contributed by atoms with Crippen LogP contribution in [0, 0.1) is 6.92 Å². The highest BCUT2D eigenvalue weighted by molar-refractivity contribution is 6.74. The molecule has 0 aliphatic carbocycles. The second-order valence-electron chi connectivity index (χ2n) is 5.43. The average Bonchev–Trinajstić information content (AvgIpc) is 2.92. The minimum absolute atomic E-state index is 0.176. The van der Waals surface area contributed by atoms with Gasteiger partial charge in [-0.1, -0.05) is 18.6 Å². The van der Waals surface area contributed by atoms with Crippen molar-refractivity contribution in [3.05, 3.63) is 41.7 Å². The molecule has 0 aliphatic heterocycles. The normalized spacial score (nSPS) is 13.2. The molecular weight excluding hydrogens is 292 g/mol. The molecule has 0 bridgehead atoms. The van der Waals surface area contributed by atoms with E-state index in [-0.39, 0.29) is 12.2 Å². The first-order chi connectivity index (χ1) is 10.3. The zero-order valence-electron chi connectivity index (χ0n) is 12.9. The fourth-order valence-electron chi connectivity index (χ4n) is 2.15. The summed E-state index contributed by atoms with van der Waals surface area (Å²) in [5, 5.41) is 4.39. The summed E-state index contributed by atoms with van der Waals surface area (Å²) in [6, 6.07) is 6.00. The Morgan fingerprint density at radius 2 is 2.00 bits per heavy atom. The number of rotatable bonds is 6. The van der Waals surface area contributed by atoms with Crippen molar-refractivity contribution >= 4 is 12.4 Å². The Morgan fingerprint density at radius 3 is 2.59 bits per heavy atom. The van der Waals surface area contributed by atoms with Gasteiger partial charge in [-0.25, -0.2) is 0 Å². The van der Waals surface area contributed by atoms with E-state index in [1.54, 1.807) is 0 Å². The van der Waals surface area contributed by atoms with E-state index in [2.05, 4.69) is 18.9 Å². The van der Waals surface area contributed by atoms with Gasteiger partial charge >= 0.3 is 6.98 Å². The van der Waals surface area contributed by atoms with E-state index in [0.29, 0.717) is 11.8 Å². The van der Waals surface area contributed by atoms with Crippen molar-refractivity contribution in [2.75, 3.05) is 0 Å². The fourth-order valence-corrected chi connectivity index (χ4v) is 2.15. The summed E-state index contributed by atoms with van der Waals surface area (Å²) >= 11 is 0. The maximum Gasteiger partial charge on any atom is 0.509 e. The molecule has 0 aliphatic rings. The van der Waals surface area contributed by atoms with Gasteiger partial charge in [0.25, 0.3) is 0 Å². The molecule has 2 rings (SSSR count). The summed E-state index contributed by atoms with van der Waals surface area (Å²) in [4.78, 5) is 0. The minimum atomic E-state index is -4.98. The highest BCUT2D eigenvalue weighted by Crippen LogP contribution is 2.18. The van der Waals surface area contributed by atoms with Crippen LogP contribution in [0.25, 0.3) is 0 Å². The number of hydrogen-bond acceptors (Lipinski definition) is 2. The van der Waals surface area contributed by atoms with Crippen molar-refractivity contribution in [1.29, 1.82) is 0 Å². The van der Waals surface area contributed by atoms with Crippen molar-refractivity contribution < 1.29 is 17.7 Å². The quantitative estimate of drug-likeness (QED) is 0.759. The fraction of sp³-hybridized carbons (Fsp3) is 0.400. The lowest BCUT2D eigenvalue weighted by molar-refractivity contribution is 0.298. The zero-order valence-corrected chi connectivity index (χ0v) is 12.9. The molecule has 120 valence electrons. The highest BCUT2D eigenvalue weighted by atomic mass is 19.4. The average molecular weight is 311 g/mol. The Balaban J connectivity index is 2.03. The Labute approximate surface area is 128 Å². The smallest absolute Gasteiger partial charge is 0.487 e. The van der Waals surface area contributed by atoms with Crippen LogP contribution < -0.4 is 10.2 Å². The van der Waals surface area contributed by atoms with Gasteiger partial charge in [0.15, 0.2) is 0 Å². The van der Waals surface area contributed by atoms with Gasteiger partial charge in [0, 0.05) is 12.2 Å². The van der Waals surface area contributed by atoms with Gasteiger partial charge in [-0.2, -0.15) is 5.10 Å². The third kappa shape index (κ3) is 3.84. The van der Waals surface area contributed by atoms with E-state index in [0.717, 1.165) is 18.2 Å². The predicted octanol–water partition coefficient (Wildman–Crippen LogP) is 3.80. The van der Waals surface area contributed by atoms with Crippen LogP contribution in [-0.4, -0.2) is 16.8 Å². The lowest BCUT2D eigenvalue weighted by atomic mass is 9.77. The van der Waals surface area contributed by atoms with E-state index < -0.39 is 12.4 Å². The minimum Gasteiger partial charge on any atom is -0.487 e. The lowest BCUT2D eigenvalue weighted by Gasteiger charge is -2.18. The lowest BCUT2D eigenvalue weighted by Crippen LogP contribution is -2.35. The van der Waals surface area contributed by atoms with Crippen molar-refractivity contribution in [1.82, 2.24) is 9.78 Å². The molecule has 0 fully saturated rings. The number of halogens is 3. The molecule has 0 amide bonds. The van der Waals surface area contributed by atoms with Gasteiger partial charge in [-0.3, -0.25) is 4.68 Å². The molecule has 7 heteroatoms. The molecule has 2 aromatic rings. The van der Waals surface area contributed by atoms with Gasteiger partial charge in [0.2, 0.25) is 0 Å². The third-order valence-electron chi connectivity index (χ3n) is 3.69. The van der Waals surface area contributed by atoms with Gasteiger partial charge in [0.1, 0.15) is 12.4 Å². The van der Waals surface area contributed by atoms with Gasteiger partial charge in [-0.15, -0.1) is 5.46 Å². The first-order valence-corrected chi connectivity index (χ1v) is 7.28. The standard InChI is InChI=1S/C15H19BF3N2O/c1-4-12(3)21-8-7-13(20-21)10-22-14-5-6-15(11(2)9-14)16(17,18)19/h5-9,12H,4,10H2,1-3H3/q-1. The van der Waals surface area contributed by atoms with Crippen LogP contribution in [0.15, 0.2) is 30.5 Å². The van der Waals surface area contributed by atoms with Crippen LogP contribution in [0.5, 0.6) is 5.75 Å². The first kappa shape index (κ1) is 16.5. The van der Waals surface area contributed by atoms with E-state index in [1.807, 2.05) is 16.9 Å². The maximum atomic E-state index is 12.8. The largest absolute Gasteiger partial charge is 0.509 e. The molecule has 0 saturated carbocycles. The number of aryl methyl sites for hydroxylation is 1. The summed E-state index contributed by atoms with van der Waals surface area (Å²) in [5.41, 5.74) is 0.352. The van der Waals surface area contributed by atoms with Crippen LogP contribution in [-0.2, 0) is 6.61 Å².